The van der Waals surface area contributed by atoms with Crippen LogP contribution in [0.5, 0.6) is 5.75 Å². The van der Waals surface area contributed by atoms with E-state index in [0.29, 0.717) is 0 Å². The molecular formula is C10H8F3IO3. The number of rotatable bonds is 2. The first-order valence-corrected chi connectivity index (χ1v) is 5.62. The highest BCUT2D eigenvalue weighted by molar-refractivity contribution is 14.1. The van der Waals surface area contributed by atoms with E-state index in [-0.39, 0.29) is 6.61 Å². The summed E-state index contributed by atoms with van der Waals surface area (Å²) in [5.74, 6) is -1.58. The van der Waals surface area contributed by atoms with Crippen molar-refractivity contribution in [1.29, 1.82) is 0 Å². The average molecular weight is 360 g/mol. The Kier molecular flexibility index (Phi) is 4.23. The third-order valence-corrected chi connectivity index (χ3v) is 2.99. The molecule has 0 radical (unpaired) electrons. The van der Waals surface area contributed by atoms with Crippen molar-refractivity contribution in [2.75, 3.05) is 6.61 Å². The van der Waals surface area contributed by atoms with Crippen molar-refractivity contribution in [2.45, 2.75) is 13.1 Å². The molecule has 0 saturated heterocycles. The Bertz CT molecular complexity index is 443. The third-order valence-electron chi connectivity index (χ3n) is 1.90. The fourth-order valence-electron chi connectivity index (χ4n) is 1.22. The number of phenolic OH excluding ortho intramolecular Hbond substituents is 1. The number of esters is 1. The van der Waals surface area contributed by atoms with E-state index in [9.17, 15) is 23.1 Å². The molecular weight excluding hydrogens is 352 g/mol. The maximum absolute atomic E-state index is 12.8. The van der Waals surface area contributed by atoms with E-state index in [0.717, 1.165) is 12.1 Å². The number of aromatic hydroxyl groups is 1. The van der Waals surface area contributed by atoms with Crippen LogP contribution in [-0.4, -0.2) is 17.7 Å². The number of phenols is 1. The van der Waals surface area contributed by atoms with Gasteiger partial charge in [0.2, 0.25) is 0 Å². The third kappa shape index (κ3) is 3.02. The molecule has 0 aromatic heterocycles. The minimum Gasteiger partial charge on any atom is -0.507 e. The highest BCUT2D eigenvalue weighted by Crippen LogP contribution is 2.39. The fourth-order valence-corrected chi connectivity index (χ4v) is 2.00. The number of hydrogen-bond donors (Lipinski definition) is 1. The van der Waals surface area contributed by atoms with E-state index in [1.807, 2.05) is 0 Å². The van der Waals surface area contributed by atoms with Crippen LogP contribution >= 0.6 is 22.6 Å². The summed E-state index contributed by atoms with van der Waals surface area (Å²) < 4.78 is 42.4. The van der Waals surface area contributed by atoms with Crippen LogP contribution in [0.3, 0.4) is 0 Å². The number of carbonyl (C=O) groups excluding carboxylic acids is 1. The van der Waals surface area contributed by atoms with Crippen LogP contribution in [0.25, 0.3) is 0 Å². The van der Waals surface area contributed by atoms with Crippen molar-refractivity contribution >= 4 is 28.6 Å². The molecule has 0 aliphatic carbocycles. The first-order valence-electron chi connectivity index (χ1n) is 4.54. The van der Waals surface area contributed by atoms with Crippen molar-refractivity contribution < 1.29 is 27.8 Å². The largest absolute Gasteiger partial charge is 0.507 e. The van der Waals surface area contributed by atoms with Crippen molar-refractivity contribution in [1.82, 2.24) is 0 Å². The molecule has 1 aromatic carbocycles. The molecule has 0 heterocycles. The molecule has 1 rings (SSSR count). The van der Waals surface area contributed by atoms with Gasteiger partial charge in [0.05, 0.1) is 21.3 Å². The van der Waals surface area contributed by atoms with Gasteiger partial charge in [0.25, 0.3) is 0 Å². The second-order valence-electron chi connectivity index (χ2n) is 3.04. The summed E-state index contributed by atoms with van der Waals surface area (Å²) >= 11 is 1.34. The lowest BCUT2D eigenvalue weighted by molar-refractivity contribution is -0.139. The fraction of sp³-hybridized carbons (Fsp3) is 0.300. The normalized spacial score (nSPS) is 11.4. The van der Waals surface area contributed by atoms with Crippen LogP contribution in [0.15, 0.2) is 12.1 Å². The predicted molar refractivity (Wildman–Crippen MR) is 61.8 cm³/mol. The molecule has 7 heteroatoms. The van der Waals surface area contributed by atoms with E-state index >= 15 is 0 Å². The zero-order valence-corrected chi connectivity index (χ0v) is 10.8. The second kappa shape index (κ2) is 5.11. The van der Waals surface area contributed by atoms with E-state index in [2.05, 4.69) is 4.74 Å². The van der Waals surface area contributed by atoms with Gasteiger partial charge in [0, 0.05) is 0 Å². The molecule has 94 valence electrons. The van der Waals surface area contributed by atoms with Crippen LogP contribution in [0.2, 0.25) is 0 Å². The van der Waals surface area contributed by atoms with Crippen LogP contribution in [0, 0.1) is 3.57 Å². The Labute approximate surface area is 109 Å². The van der Waals surface area contributed by atoms with Crippen molar-refractivity contribution in [3.63, 3.8) is 0 Å². The topological polar surface area (TPSA) is 46.5 Å². The van der Waals surface area contributed by atoms with E-state index in [1.165, 1.54) is 29.5 Å². The molecule has 0 fully saturated rings. The number of carbonyl (C=O) groups is 1. The maximum atomic E-state index is 12.8. The monoisotopic (exact) mass is 360 g/mol. The molecule has 0 saturated carbocycles. The summed E-state index contributed by atoms with van der Waals surface area (Å²) in [6, 6.07) is 1.93. The predicted octanol–water partition coefficient (Wildman–Crippen LogP) is 3.19. The van der Waals surface area contributed by atoms with Gasteiger partial charge < -0.3 is 9.84 Å². The molecule has 1 aromatic rings. The average Bonchev–Trinajstić information content (AvgIpc) is 2.20. The molecule has 3 nitrogen and oxygen atoms in total. The molecule has 0 aliphatic heterocycles. The smallest absolute Gasteiger partial charge is 0.418 e. The summed E-state index contributed by atoms with van der Waals surface area (Å²) in [5, 5.41) is 9.24. The number of ether oxygens (including phenoxy) is 1. The van der Waals surface area contributed by atoms with Gasteiger partial charge in [-0.2, -0.15) is 13.2 Å². The highest BCUT2D eigenvalue weighted by Gasteiger charge is 2.39. The van der Waals surface area contributed by atoms with Crippen molar-refractivity contribution in [3.8, 4) is 5.75 Å². The van der Waals surface area contributed by atoms with E-state index in [4.69, 9.17) is 0 Å². The van der Waals surface area contributed by atoms with Crippen LogP contribution in [0.1, 0.15) is 22.8 Å². The number of hydrogen-bond acceptors (Lipinski definition) is 3. The number of halogens is 4. The van der Waals surface area contributed by atoms with Gasteiger partial charge in [0.15, 0.2) is 0 Å². The summed E-state index contributed by atoms with van der Waals surface area (Å²) in [5.41, 5.74) is -1.77. The molecule has 17 heavy (non-hydrogen) atoms. The summed E-state index contributed by atoms with van der Waals surface area (Å²) in [7, 11) is 0. The van der Waals surface area contributed by atoms with Crippen molar-refractivity contribution in [2.24, 2.45) is 0 Å². The van der Waals surface area contributed by atoms with Gasteiger partial charge in [-0.1, -0.05) is 0 Å². The van der Waals surface area contributed by atoms with Gasteiger partial charge in [-0.3, -0.25) is 0 Å². The summed E-state index contributed by atoms with van der Waals surface area (Å²) in [6.45, 7) is 1.48. The van der Waals surface area contributed by atoms with Gasteiger partial charge in [-0.05, 0) is 41.6 Å². The standard InChI is InChI=1S/C10H8F3IO3/c1-2-17-9(16)5-3-4-6(15)8(14)7(5)10(11,12)13/h3-4,15H,2H2,1H3. The Morgan fingerprint density at radius 1 is 1.47 bits per heavy atom. The number of benzene rings is 1. The Morgan fingerprint density at radius 2 is 2.06 bits per heavy atom. The highest BCUT2D eigenvalue weighted by atomic mass is 127. The molecule has 0 unspecified atom stereocenters. The zero-order valence-electron chi connectivity index (χ0n) is 8.64. The molecule has 0 aliphatic rings. The quantitative estimate of drug-likeness (QED) is 0.651. The Hall–Kier alpha value is -0.990. The molecule has 0 amide bonds. The lowest BCUT2D eigenvalue weighted by atomic mass is 10.1. The Balaban J connectivity index is 3.41. The van der Waals surface area contributed by atoms with Gasteiger partial charge >= 0.3 is 12.1 Å². The van der Waals surface area contributed by atoms with Crippen LogP contribution < -0.4 is 0 Å². The molecule has 1 N–H and O–H groups in total. The van der Waals surface area contributed by atoms with Crippen molar-refractivity contribution in [3.05, 3.63) is 26.8 Å². The first-order chi connectivity index (χ1) is 7.79. The zero-order chi connectivity index (χ0) is 13.2. The van der Waals surface area contributed by atoms with E-state index < -0.39 is 32.6 Å². The molecule has 0 bridgehead atoms. The Morgan fingerprint density at radius 3 is 2.53 bits per heavy atom. The molecule has 0 atom stereocenters. The molecule has 0 spiro atoms. The SMILES string of the molecule is CCOC(=O)c1ccc(O)c(I)c1C(F)(F)F. The van der Waals surface area contributed by atoms with Gasteiger partial charge in [-0.25, -0.2) is 4.79 Å². The minimum atomic E-state index is -4.72. The van der Waals surface area contributed by atoms with Crippen LogP contribution in [0.4, 0.5) is 13.2 Å². The first kappa shape index (κ1) is 14.1. The van der Waals surface area contributed by atoms with Gasteiger partial charge in [-0.15, -0.1) is 0 Å². The lowest BCUT2D eigenvalue weighted by Crippen LogP contribution is -2.17. The van der Waals surface area contributed by atoms with Crippen LogP contribution in [-0.2, 0) is 10.9 Å². The summed E-state index contributed by atoms with van der Waals surface area (Å²) in [6.07, 6.45) is -4.72. The minimum absolute atomic E-state index is 0.0203. The number of alkyl halides is 3. The second-order valence-corrected chi connectivity index (χ2v) is 4.12. The van der Waals surface area contributed by atoms with E-state index in [1.54, 1.807) is 0 Å². The van der Waals surface area contributed by atoms with Gasteiger partial charge in [0.1, 0.15) is 5.75 Å². The maximum Gasteiger partial charge on any atom is 0.418 e. The lowest BCUT2D eigenvalue weighted by Gasteiger charge is -2.14. The summed E-state index contributed by atoms with van der Waals surface area (Å²) in [4.78, 5) is 11.4.